The van der Waals surface area contributed by atoms with E-state index in [0.717, 1.165) is 16.7 Å². The van der Waals surface area contributed by atoms with E-state index >= 15 is 0 Å². The molecule has 2 bridgehead atoms. The van der Waals surface area contributed by atoms with Gasteiger partial charge in [-0.15, -0.1) is 6.58 Å². The number of methoxy groups -OCH3 is 2. The minimum absolute atomic E-state index is 0.120. The molecule has 10 nitrogen and oxygen atoms in total. The van der Waals surface area contributed by atoms with Crippen molar-refractivity contribution in [1.82, 2.24) is 0 Å². The lowest BCUT2D eigenvalue weighted by Gasteiger charge is -2.56. The van der Waals surface area contributed by atoms with Crippen molar-refractivity contribution in [2.24, 2.45) is 0 Å². The normalized spacial score (nSPS) is 33.5. The highest BCUT2D eigenvalue weighted by Gasteiger charge is 2.61. The van der Waals surface area contributed by atoms with Crippen molar-refractivity contribution < 1.29 is 47.7 Å². The summed E-state index contributed by atoms with van der Waals surface area (Å²) in [6.45, 7) is 5.16. The van der Waals surface area contributed by atoms with E-state index in [0.29, 0.717) is 13.2 Å². The number of benzene rings is 3. The summed E-state index contributed by atoms with van der Waals surface area (Å²) >= 11 is 0. The molecule has 0 aliphatic carbocycles. The van der Waals surface area contributed by atoms with Crippen molar-refractivity contribution in [2.45, 2.75) is 80.7 Å². The van der Waals surface area contributed by atoms with Gasteiger partial charge in [0.1, 0.15) is 48.3 Å². The Morgan fingerprint density at radius 3 is 1.87 bits per heavy atom. The van der Waals surface area contributed by atoms with Gasteiger partial charge < -0.3 is 47.7 Å². The van der Waals surface area contributed by atoms with E-state index in [4.69, 9.17) is 42.6 Å². The minimum Gasteiger partial charge on any atom is -0.387 e. The number of hydrogen-bond acceptors (Lipinski definition) is 10. The van der Waals surface area contributed by atoms with Gasteiger partial charge in [-0.1, -0.05) is 97.1 Å². The number of aliphatic hydroxyl groups excluding tert-OH is 1. The molecule has 4 aliphatic heterocycles. The standard InChI is InChI=1S/C37H44O10/c1-4-37-24-44-33(31(39-2)34(37)38)36(47-37)46-29-28(23-41-20-25-14-8-5-9-15-25)45-35(40-3)32(43-22-27-18-12-7-13-19-27)30(29)42-21-26-16-10-6-11-17-26/h4-19,28-36,38H,1,20-24H2,2-3H3/t28-,29-,30+,31+,32-,33+,34+,35+,36-,37-/m1/s1. The van der Waals surface area contributed by atoms with E-state index in [9.17, 15) is 5.11 Å². The molecule has 10 heteroatoms. The molecule has 4 fully saturated rings. The summed E-state index contributed by atoms with van der Waals surface area (Å²) in [6, 6.07) is 29.7. The number of hydrogen-bond donors (Lipinski definition) is 1. The highest BCUT2D eigenvalue weighted by Crippen LogP contribution is 2.42. The van der Waals surface area contributed by atoms with Crippen LogP contribution in [-0.2, 0) is 62.5 Å². The Morgan fingerprint density at radius 2 is 1.32 bits per heavy atom. The van der Waals surface area contributed by atoms with E-state index in [-0.39, 0.29) is 19.8 Å². The molecule has 0 unspecified atom stereocenters. The minimum atomic E-state index is -1.21. The molecule has 1 N–H and O–H groups in total. The molecule has 0 aromatic heterocycles. The maximum Gasteiger partial charge on any atom is 0.188 e. The quantitative estimate of drug-likeness (QED) is 0.242. The molecule has 7 rings (SSSR count). The monoisotopic (exact) mass is 648 g/mol. The Balaban J connectivity index is 1.31. The van der Waals surface area contributed by atoms with Crippen molar-refractivity contribution in [3.05, 3.63) is 120 Å². The summed E-state index contributed by atoms with van der Waals surface area (Å²) < 4.78 is 56.9. The maximum absolute atomic E-state index is 11.1. The Hall–Kier alpha value is -3.00. The molecular formula is C37H44O10. The summed E-state index contributed by atoms with van der Waals surface area (Å²) in [5.74, 6) is 0. The number of fused-ring (bicyclic) bond motifs is 3. The van der Waals surface area contributed by atoms with Crippen LogP contribution in [0.3, 0.4) is 0 Å². The van der Waals surface area contributed by atoms with E-state index in [1.165, 1.54) is 7.11 Å². The highest BCUT2D eigenvalue weighted by atomic mass is 16.8. The Labute approximate surface area is 276 Å². The summed E-state index contributed by atoms with van der Waals surface area (Å²) in [7, 11) is 3.11. The average molecular weight is 649 g/mol. The maximum atomic E-state index is 11.1. The van der Waals surface area contributed by atoms with Crippen molar-refractivity contribution >= 4 is 0 Å². The molecule has 4 aliphatic rings. The van der Waals surface area contributed by atoms with Crippen molar-refractivity contribution in [3.63, 3.8) is 0 Å². The van der Waals surface area contributed by atoms with Crippen LogP contribution in [0.2, 0.25) is 0 Å². The van der Waals surface area contributed by atoms with Gasteiger partial charge in [-0.2, -0.15) is 0 Å². The van der Waals surface area contributed by atoms with Gasteiger partial charge in [0.05, 0.1) is 33.0 Å². The summed E-state index contributed by atoms with van der Waals surface area (Å²) in [6.07, 6.45) is -5.43. The first-order chi connectivity index (χ1) is 23.0. The number of rotatable bonds is 15. The van der Waals surface area contributed by atoms with Gasteiger partial charge >= 0.3 is 0 Å². The molecule has 3 aromatic carbocycles. The van der Waals surface area contributed by atoms with Crippen LogP contribution in [-0.4, -0.2) is 93.4 Å². The molecular weight excluding hydrogens is 604 g/mol. The predicted molar refractivity (Wildman–Crippen MR) is 171 cm³/mol. The lowest BCUT2D eigenvalue weighted by molar-refractivity contribution is -0.409. The van der Waals surface area contributed by atoms with Crippen LogP contribution in [0.1, 0.15) is 16.7 Å². The van der Waals surface area contributed by atoms with Gasteiger partial charge in [0.15, 0.2) is 12.6 Å². The van der Waals surface area contributed by atoms with Gasteiger partial charge in [0.25, 0.3) is 0 Å². The second kappa shape index (κ2) is 15.9. The Kier molecular flexibility index (Phi) is 11.5. The largest absolute Gasteiger partial charge is 0.387 e. The molecule has 0 amide bonds. The van der Waals surface area contributed by atoms with E-state index in [2.05, 4.69) is 6.58 Å². The second-order valence-corrected chi connectivity index (χ2v) is 12.0. The Bertz CT molecular complexity index is 1380. The first kappa shape index (κ1) is 33.9. The van der Waals surface area contributed by atoms with Gasteiger partial charge in [-0.3, -0.25) is 0 Å². The zero-order valence-electron chi connectivity index (χ0n) is 26.8. The van der Waals surface area contributed by atoms with E-state index in [1.807, 2.05) is 91.0 Å². The zero-order valence-corrected chi connectivity index (χ0v) is 26.8. The predicted octanol–water partition coefficient (Wildman–Crippen LogP) is 4.19. The fraction of sp³-hybridized carbons (Fsp3) is 0.459. The lowest BCUT2D eigenvalue weighted by Crippen LogP contribution is -2.73. The molecule has 10 atom stereocenters. The van der Waals surface area contributed by atoms with Crippen LogP contribution in [0.25, 0.3) is 0 Å². The van der Waals surface area contributed by atoms with Crippen molar-refractivity contribution in [2.75, 3.05) is 27.4 Å². The van der Waals surface area contributed by atoms with Crippen molar-refractivity contribution in [3.8, 4) is 0 Å². The average Bonchev–Trinajstić information content (AvgIpc) is 3.12. The molecule has 3 aromatic rings. The molecule has 0 saturated carbocycles. The SMILES string of the molecule is C=C[C@]12CO[C@H]([C@H](O[C@H]3[C@H](OCc4ccccc4)[C@@H](OCc4ccccc4)[C@@H](OC)O[C@@H]3COCc3ccccc3)O1)[C@H](OC)[C@@H]2O. The van der Waals surface area contributed by atoms with E-state index in [1.54, 1.807) is 13.2 Å². The fourth-order valence-electron chi connectivity index (χ4n) is 6.37. The van der Waals surface area contributed by atoms with Crippen LogP contribution >= 0.6 is 0 Å². The lowest BCUT2D eigenvalue weighted by atomic mass is 9.84. The van der Waals surface area contributed by atoms with Gasteiger partial charge in [0.2, 0.25) is 0 Å². The second-order valence-electron chi connectivity index (χ2n) is 12.0. The summed E-state index contributed by atoms with van der Waals surface area (Å²) in [5.41, 5.74) is 1.78. The fourth-order valence-corrected chi connectivity index (χ4v) is 6.37. The third-order valence-electron chi connectivity index (χ3n) is 8.94. The summed E-state index contributed by atoms with van der Waals surface area (Å²) in [5, 5.41) is 11.1. The smallest absolute Gasteiger partial charge is 0.188 e. The van der Waals surface area contributed by atoms with Crippen LogP contribution < -0.4 is 0 Å². The molecule has 252 valence electrons. The van der Waals surface area contributed by atoms with E-state index < -0.39 is 60.9 Å². The van der Waals surface area contributed by atoms with Gasteiger partial charge in [-0.05, 0) is 16.7 Å². The molecule has 4 saturated heterocycles. The van der Waals surface area contributed by atoms with Gasteiger partial charge in [-0.25, -0.2) is 0 Å². The van der Waals surface area contributed by atoms with Crippen LogP contribution in [0.4, 0.5) is 0 Å². The summed E-state index contributed by atoms with van der Waals surface area (Å²) in [4.78, 5) is 0. The molecule has 4 heterocycles. The molecule has 0 spiro atoms. The first-order valence-corrected chi connectivity index (χ1v) is 16.0. The van der Waals surface area contributed by atoms with Gasteiger partial charge in [0, 0.05) is 14.2 Å². The van der Waals surface area contributed by atoms with Crippen LogP contribution in [0, 0.1) is 0 Å². The number of ether oxygens (including phenoxy) is 9. The highest BCUT2D eigenvalue weighted by molar-refractivity contribution is 5.16. The van der Waals surface area contributed by atoms with Crippen molar-refractivity contribution in [1.29, 1.82) is 0 Å². The Morgan fingerprint density at radius 1 is 0.745 bits per heavy atom. The van der Waals surface area contributed by atoms with Crippen LogP contribution in [0.5, 0.6) is 0 Å². The third kappa shape index (κ3) is 7.68. The zero-order chi connectivity index (χ0) is 32.6. The number of aliphatic hydroxyl groups is 1. The first-order valence-electron chi connectivity index (χ1n) is 16.0. The topological polar surface area (TPSA) is 103 Å². The molecule has 0 radical (unpaired) electrons. The molecule has 47 heavy (non-hydrogen) atoms. The third-order valence-corrected chi connectivity index (χ3v) is 8.94. The van der Waals surface area contributed by atoms with Crippen LogP contribution in [0.15, 0.2) is 104 Å².